The van der Waals surface area contributed by atoms with Crippen molar-refractivity contribution in [1.82, 2.24) is 9.97 Å². The smallest absolute Gasteiger partial charge is 0.262 e. The fraction of sp³-hybridized carbons (Fsp3) is 0.0625. The van der Waals surface area contributed by atoms with E-state index < -0.39 is 0 Å². The summed E-state index contributed by atoms with van der Waals surface area (Å²) < 4.78 is 5.48. The van der Waals surface area contributed by atoms with Crippen LogP contribution in [0.5, 0.6) is 5.88 Å². The average molecular weight is 348 g/mol. The number of nitrogens with one attached hydrogen (secondary N) is 1. The Morgan fingerprint density at radius 3 is 2.57 bits per heavy atom. The van der Waals surface area contributed by atoms with E-state index in [-0.39, 0.29) is 12.5 Å². The summed E-state index contributed by atoms with van der Waals surface area (Å²) >= 11 is 11.7. The van der Waals surface area contributed by atoms with Crippen molar-refractivity contribution in [2.45, 2.75) is 0 Å². The molecule has 1 aromatic heterocycles. The molecule has 1 heterocycles. The normalized spacial score (nSPS) is 10.5. The minimum Gasteiger partial charge on any atom is -0.467 e. The first-order valence-corrected chi connectivity index (χ1v) is 7.46. The Morgan fingerprint density at radius 1 is 1.04 bits per heavy atom. The van der Waals surface area contributed by atoms with E-state index in [2.05, 4.69) is 15.3 Å². The third-order valence-corrected chi connectivity index (χ3v) is 3.52. The minimum atomic E-state index is -0.298. The lowest BCUT2D eigenvalue weighted by Crippen LogP contribution is -2.20. The first-order valence-electron chi connectivity index (χ1n) is 6.70. The van der Waals surface area contributed by atoms with Gasteiger partial charge in [-0.1, -0.05) is 23.2 Å². The van der Waals surface area contributed by atoms with Gasteiger partial charge in [0, 0.05) is 15.7 Å². The van der Waals surface area contributed by atoms with Crippen LogP contribution >= 0.6 is 23.2 Å². The van der Waals surface area contributed by atoms with Crippen LogP contribution in [0.4, 0.5) is 5.69 Å². The van der Waals surface area contributed by atoms with E-state index in [0.717, 1.165) is 0 Å². The lowest BCUT2D eigenvalue weighted by molar-refractivity contribution is -0.118. The number of hydrogen-bond acceptors (Lipinski definition) is 4. The molecule has 0 aliphatic rings. The van der Waals surface area contributed by atoms with Gasteiger partial charge in [-0.15, -0.1) is 0 Å². The molecule has 0 radical (unpaired) electrons. The summed E-state index contributed by atoms with van der Waals surface area (Å²) in [5.41, 5.74) is 1.29. The molecule has 0 saturated heterocycles. The van der Waals surface area contributed by atoms with E-state index in [4.69, 9.17) is 27.9 Å². The number of rotatable bonds is 4. The van der Waals surface area contributed by atoms with Crippen molar-refractivity contribution in [2.75, 3.05) is 11.9 Å². The monoisotopic (exact) mass is 347 g/mol. The summed E-state index contributed by atoms with van der Waals surface area (Å²) in [6, 6.07) is 12.0. The Kier molecular flexibility index (Phi) is 4.60. The molecule has 0 spiro atoms. The van der Waals surface area contributed by atoms with Crippen LogP contribution in [0.1, 0.15) is 0 Å². The maximum Gasteiger partial charge on any atom is 0.262 e. The number of halogens is 2. The Balaban J connectivity index is 1.68. The fourth-order valence-corrected chi connectivity index (χ4v) is 2.28. The summed E-state index contributed by atoms with van der Waals surface area (Å²) in [4.78, 5) is 20.1. The lowest BCUT2D eigenvalue weighted by atomic mass is 10.2. The summed E-state index contributed by atoms with van der Waals surface area (Å²) in [7, 11) is 0. The van der Waals surface area contributed by atoms with Crippen LogP contribution in [0.2, 0.25) is 10.0 Å². The number of nitrogens with zero attached hydrogens (tertiary/aromatic N) is 2. The van der Waals surface area contributed by atoms with E-state index in [9.17, 15) is 4.79 Å². The Bertz CT molecular complexity index is 854. The highest BCUT2D eigenvalue weighted by Crippen LogP contribution is 2.24. The highest BCUT2D eigenvalue weighted by atomic mass is 35.5. The van der Waals surface area contributed by atoms with E-state index in [1.165, 1.54) is 6.33 Å². The number of carbonyl (C=O) groups excluding carboxylic acids is 1. The number of aromatic nitrogens is 2. The first kappa shape index (κ1) is 15.5. The SMILES string of the molecule is O=C(COc1ncnc2cc(Cl)ccc12)Nc1ccc(Cl)cc1. The molecule has 0 bridgehead atoms. The van der Waals surface area contributed by atoms with Crippen molar-refractivity contribution in [1.29, 1.82) is 0 Å². The zero-order chi connectivity index (χ0) is 16.2. The Labute approximate surface area is 142 Å². The van der Waals surface area contributed by atoms with Gasteiger partial charge < -0.3 is 10.1 Å². The zero-order valence-electron chi connectivity index (χ0n) is 11.8. The predicted molar refractivity (Wildman–Crippen MR) is 90.1 cm³/mol. The molecule has 0 atom stereocenters. The molecule has 0 fully saturated rings. The zero-order valence-corrected chi connectivity index (χ0v) is 13.3. The van der Waals surface area contributed by atoms with E-state index >= 15 is 0 Å². The second-order valence-corrected chi connectivity index (χ2v) is 5.56. The highest BCUT2D eigenvalue weighted by molar-refractivity contribution is 6.31. The van der Waals surface area contributed by atoms with E-state index in [1.54, 1.807) is 42.5 Å². The first-order chi connectivity index (χ1) is 11.1. The number of fused-ring (bicyclic) bond motifs is 1. The summed E-state index contributed by atoms with van der Waals surface area (Å²) in [6.45, 7) is -0.169. The van der Waals surface area contributed by atoms with Gasteiger partial charge in [-0.2, -0.15) is 0 Å². The van der Waals surface area contributed by atoms with Crippen LogP contribution in [0.15, 0.2) is 48.8 Å². The number of amides is 1. The van der Waals surface area contributed by atoms with Gasteiger partial charge >= 0.3 is 0 Å². The van der Waals surface area contributed by atoms with E-state index in [0.29, 0.717) is 32.5 Å². The van der Waals surface area contributed by atoms with Crippen LogP contribution < -0.4 is 10.1 Å². The molecule has 0 aliphatic carbocycles. The van der Waals surface area contributed by atoms with Crippen molar-refractivity contribution >= 4 is 45.7 Å². The minimum absolute atomic E-state index is 0.169. The van der Waals surface area contributed by atoms with Crippen molar-refractivity contribution in [3.05, 3.63) is 58.8 Å². The van der Waals surface area contributed by atoms with Gasteiger partial charge in [0.1, 0.15) is 6.33 Å². The molecule has 3 rings (SSSR count). The maximum absolute atomic E-state index is 11.9. The second kappa shape index (κ2) is 6.81. The number of hydrogen-bond donors (Lipinski definition) is 1. The lowest BCUT2D eigenvalue weighted by Gasteiger charge is -2.08. The van der Waals surface area contributed by atoms with Crippen molar-refractivity contribution in [2.24, 2.45) is 0 Å². The average Bonchev–Trinajstić information content (AvgIpc) is 2.54. The van der Waals surface area contributed by atoms with Crippen molar-refractivity contribution < 1.29 is 9.53 Å². The van der Waals surface area contributed by atoms with Gasteiger partial charge in [-0.3, -0.25) is 4.79 Å². The van der Waals surface area contributed by atoms with Gasteiger partial charge in [-0.25, -0.2) is 9.97 Å². The highest BCUT2D eigenvalue weighted by Gasteiger charge is 2.08. The third kappa shape index (κ3) is 3.88. The molecule has 0 saturated carbocycles. The Hall–Kier alpha value is -2.37. The Morgan fingerprint density at radius 2 is 1.78 bits per heavy atom. The van der Waals surface area contributed by atoms with Crippen LogP contribution in [0.3, 0.4) is 0 Å². The topological polar surface area (TPSA) is 64.1 Å². The van der Waals surface area contributed by atoms with Gasteiger partial charge in [0.2, 0.25) is 5.88 Å². The maximum atomic E-state index is 11.9. The van der Waals surface area contributed by atoms with Gasteiger partial charge in [0.15, 0.2) is 6.61 Å². The quantitative estimate of drug-likeness (QED) is 0.775. The van der Waals surface area contributed by atoms with Gasteiger partial charge in [0.25, 0.3) is 5.91 Å². The predicted octanol–water partition coefficient (Wildman–Crippen LogP) is 3.95. The number of carbonyl (C=O) groups is 1. The molecular formula is C16H11Cl2N3O2. The van der Waals surface area contributed by atoms with Crippen molar-refractivity contribution in [3.63, 3.8) is 0 Å². The number of ether oxygens (including phenoxy) is 1. The van der Waals surface area contributed by atoms with Crippen LogP contribution in [-0.2, 0) is 4.79 Å². The van der Waals surface area contributed by atoms with Crippen LogP contribution in [0.25, 0.3) is 10.9 Å². The van der Waals surface area contributed by atoms with Gasteiger partial charge in [0.05, 0.1) is 10.9 Å². The molecule has 7 heteroatoms. The number of benzene rings is 2. The molecule has 1 N–H and O–H groups in total. The second-order valence-electron chi connectivity index (χ2n) is 4.68. The molecule has 5 nitrogen and oxygen atoms in total. The molecule has 116 valence electrons. The molecule has 3 aromatic rings. The summed E-state index contributed by atoms with van der Waals surface area (Å²) in [5.74, 6) is 0.0333. The molecule has 0 aliphatic heterocycles. The third-order valence-electron chi connectivity index (χ3n) is 3.03. The molecular weight excluding hydrogens is 337 g/mol. The van der Waals surface area contributed by atoms with E-state index in [1.807, 2.05) is 0 Å². The molecule has 2 aromatic carbocycles. The van der Waals surface area contributed by atoms with Gasteiger partial charge in [-0.05, 0) is 42.5 Å². The summed E-state index contributed by atoms with van der Waals surface area (Å²) in [5, 5.41) is 4.57. The summed E-state index contributed by atoms with van der Waals surface area (Å²) in [6.07, 6.45) is 1.37. The fourth-order valence-electron chi connectivity index (χ4n) is 1.98. The number of anilines is 1. The molecule has 0 unspecified atom stereocenters. The van der Waals surface area contributed by atoms with Crippen LogP contribution in [-0.4, -0.2) is 22.5 Å². The molecule has 1 amide bonds. The van der Waals surface area contributed by atoms with Crippen LogP contribution in [0, 0.1) is 0 Å². The largest absolute Gasteiger partial charge is 0.467 e. The van der Waals surface area contributed by atoms with Crippen molar-refractivity contribution in [3.8, 4) is 5.88 Å². The standard InChI is InChI=1S/C16H11Cl2N3O2/c17-10-1-4-12(5-2-10)21-15(22)8-23-16-13-6-3-11(18)7-14(13)19-9-20-16/h1-7,9H,8H2,(H,21,22). The molecule has 23 heavy (non-hydrogen) atoms.